The fourth-order valence-corrected chi connectivity index (χ4v) is 3.03. The third-order valence-electron chi connectivity index (χ3n) is 3.17. The van der Waals surface area contributed by atoms with Crippen molar-refractivity contribution in [2.75, 3.05) is 23.4 Å². The molecule has 0 saturated carbocycles. The van der Waals surface area contributed by atoms with E-state index in [1.807, 2.05) is 6.07 Å². The highest BCUT2D eigenvalue weighted by Crippen LogP contribution is 2.31. The van der Waals surface area contributed by atoms with Crippen molar-refractivity contribution in [3.05, 3.63) is 28.2 Å². The molecule has 0 aliphatic carbocycles. The van der Waals surface area contributed by atoms with Crippen LogP contribution in [0.15, 0.2) is 22.7 Å². The lowest BCUT2D eigenvalue weighted by Crippen LogP contribution is -2.27. The first-order chi connectivity index (χ1) is 9.56. The molecular weight excluding hydrogens is 390 g/mol. The topological polar surface area (TPSA) is 46.6 Å². The van der Waals surface area contributed by atoms with E-state index in [0.29, 0.717) is 30.8 Å². The number of halogens is 2. The molecule has 0 aromatic heterocycles. The van der Waals surface area contributed by atoms with Crippen molar-refractivity contribution in [1.82, 2.24) is 0 Å². The van der Waals surface area contributed by atoms with Crippen molar-refractivity contribution in [2.24, 2.45) is 5.92 Å². The van der Waals surface area contributed by atoms with Crippen LogP contribution in [0.3, 0.4) is 0 Å². The third kappa shape index (κ3) is 3.23. The zero-order chi connectivity index (χ0) is 14.7. The van der Waals surface area contributed by atoms with Gasteiger partial charge in [-0.1, -0.05) is 31.9 Å². The lowest BCUT2D eigenvalue weighted by Gasteiger charge is -2.19. The van der Waals surface area contributed by atoms with Gasteiger partial charge in [-0.05, 0) is 31.0 Å². The van der Waals surface area contributed by atoms with Crippen LogP contribution < -0.4 is 4.90 Å². The Bertz CT molecular complexity index is 533. The second-order valence-corrected chi connectivity index (χ2v) is 6.17. The normalized spacial score (nSPS) is 18.4. The first-order valence-corrected chi connectivity index (χ1v) is 8.31. The van der Waals surface area contributed by atoms with Gasteiger partial charge in [0.2, 0.25) is 5.91 Å². The average Bonchev–Trinajstić information content (AvgIpc) is 2.80. The lowest BCUT2D eigenvalue weighted by molar-refractivity contribution is -0.117. The second-order valence-electron chi connectivity index (χ2n) is 4.61. The molecule has 0 bridgehead atoms. The van der Waals surface area contributed by atoms with Gasteiger partial charge in [-0.2, -0.15) is 0 Å². The number of nitrogens with zero attached hydrogens (tertiary/aromatic N) is 1. The van der Waals surface area contributed by atoms with E-state index in [0.717, 1.165) is 9.80 Å². The Morgan fingerprint density at radius 3 is 2.85 bits per heavy atom. The van der Waals surface area contributed by atoms with Gasteiger partial charge in [0.1, 0.15) is 0 Å². The van der Waals surface area contributed by atoms with Crippen molar-refractivity contribution >= 4 is 49.4 Å². The van der Waals surface area contributed by atoms with Gasteiger partial charge in [0.15, 0.2) is 0 Å². The van der Waals surface area contributed by atoms with E-state index in [2.05, 4.69) is 31.9 Å². The molecule has 1 amide bonds. The molecule has 1 fully saturated rings. The zero-order valence-electron chi connectivity index (χ0n) is 11.1. The molecule has 1 aliphatic rings. The first-order valence-electron chi connectivity index (χ1n) is 6.39. The van der Waals surface area contributed by atoms with Crippen LogP contribution in [-0.4, -0.2) is 30.4 Å². The summed E-state index contributed by atoms with van der Waals surface area (Å²) in [6.45, 7) is 2.69. The molecule has 1 aromatic rings. The zero-order valence-corrected chi connectivity index (χ0v) is 14.2. The number of hydrogen-bond acceptors (Lipinski definition) is 3. The fraction of sp³-hybridized carbons (Fsp3) is 0.429. The summed E-state index contributed by atoms with van der Waals surface area (Å²) in [6, 6.07) is 5.31. The molecule has 2 rings (SSSR count). The predicted octanol–water partition coefficient (Wildman–Crippen LogP) is 3.37. The highest BCUT2D eigenvalue weighted by atomic mass is 79.9. The summed E-state index contributed by atoms with van der Waals surface area (Å²) in [4.78, 5) is 25.8. The van der Waals surface area contributed by atoms with E-state index in [1.54, 1.807) is 24.0 Å². The van der Waals surface area contributed by atoms with Gasteiger partial charge in [-0.15, -0.1) is 0 Å². The van der Waals surface area contributed by atoms with Gasteiger partial charge in [0, 0.05) is 22.8 Å². The SMILES string of the molecule is CCOC(=O)c1cc(Br)ccc1N1CC(CBr)CC1=O. The minimum absolute atomic E-state index is 0.0438. The number of hydrogen-bond donors (Lipinski definition) is 0. The molecule has 0 radical (unpaired) electrons. The molecule has 1 aromatic carbocycles. The fourth-order valence-electron chi connectivity index (χ4n) is 2.23. The Hall–Kier alpha value is -0.880. The van der Waals surface area contributed by atoms with Crippen LogP contribution in [0.5, 0.6) is 0 Å². The van der Waals surface area contributed by atoms with Crippen LogP contribution in [0.2, 0.25) is 0 Å². The van der Waals surface area contributed by atoms with Crippen LogP contribution >= 0.6 is 31.9 Å². The molecule has 1 atom stereocenters. The van der Waals surface area contributed by atoms with Gasteiger partial charge >= 0.3 is 5.97 Å². The van der Waals surface area contributed by atoms with Gasteiger partial charge < -0.3 is 9.64 Å². The number of esters is 1. The van der Waals surface area contributed by atoms with E-state index >= 15 is 0 Å². The summed E-state index contributed by atoms with van der Waals surface area (Å²) in [5.74, 6) is -0.0811. The number of amides is 1. The maximum Gasteiger partial charge on any atom is 0.340 e. The van der Waals surface area contributed by atoms with E-state index in [9.17, 15) is 9.59 Å². The van der Waals surface area contributed by atoms with Crippen molar-refractivity contribution in [2.45, 2.75) is 13.3 Å². The highest BCUT2D eigenvalue weighted by molar-refractivity contribution is 9.10. The Morgan fingerprint density at radius 1 is 1.50 bits per heavy atom. The molecule has 0 N–H and O–H groups in total. The van der Waals surface area contributed by atoms with Gasteiger partial charge in [-0.25, -0.2) is 4.79 Å². The molecule has 1 heterocycles. The van der Waals surface area contributed by atoms with Crippen LogP contribution in [-0.2, 0) is 9.53 Å². The number of rotatable bonds is 4. The summed E-state index contributed by atoms with van der Waals surface area (Å²) in [5.41, 5.74) is 1.05. The maximum absolute atomic E-state index is 12.1. The monoisotopic (exact) mass is 403 g/mol. The number of anilines is 1. The Kier molecular flexibility index (Phi) is 5.21. The standard InChI is InChI=1S/C14H15Br2NO3/c1-2-20-14(19)11-6-10(16)3-4-12(11)17-8-9(7-15)5-13(17)18/h3-4,6,9H,2,5,7-8H2,1H3. The van der Waals surface area contributed by atoms with Crippen LogP contribution in [0.4, 0.5) is 5.69 Å². The number of carbonyl (C=O) groups is 2. The molecule has 1 aliphatic heterocycles. The van der Waals surface area contributed by atoms with E-state index < -0.39 is 5.97 Å². The summed E-state index contributed by atoms with van der Waals surface area (Å²) in [7, 11) is 0. The molecule has 4 nitrogen and oxygen atoms in total. The number of alkyl halides is 1. The quantitative estimate of drug-likeness (QED) is 0.570. The highest BCUT2D eigenvalue weighted by Gasteiger charge is 2.32. The maximum atomic E-state index is 12.1. The van der Waals surface area contributed by atoms with Crippen molar-refractivity contribution in [1.29, 1.82) is 0 Å². The molecule has 1 unspecified atom stereocenters. The van der Waals surface area contributed by atoms with Crippen molar-refractivity contribution in [3.63, 3.8) is 0 Å². The molecule has 6 heteroatoms. The average molecular weight is 405 g/mol. The predicted molar refractivity (Wildman–Crippen MR) is 84.4 cm³/mol. The Balaban J connectivity index is 2.36. The largest absolute Gasteiger partial charge is 0.462 e. The molecular formula is C14H15Br2NO3. The minimum Gasteiger partial charge on any atom is -0.462 e. The van der Waals surface area contributed by atoms with Gasteiger partial charge in [-0.3, -0.25) is 4.79 Å². The van der Waals surface area contributed by atoms with Crippen LogP contribution in [0.1, 0.15) is 23.7 Å². The smallest absolute Gasteiger partial charge is 0.340 e. The molecule has 0 spiro atoms. The minimum atomic E-state index is -0.404. The number of benzene rings is 1. The van der Waals surface area contributed by atoms with Crippen molar-refractivity contribution < 1.29 is 14.3 Å². The first kappa shape index (κ1) is 15.5. The summed E-state index contributed by atoms with van der Waals surface area (Å²) in [5, 5.41) is 0.778. The van der Waals surface area contributed by atoms with Gasteiger partial charge in [0.25, 0.3) is 0 Å². The van der Waals surface area contributed by atoms with Crippen LogP contribution in [0.25, 0.3) is 0 Å². The Labute approximate surface area is 134 Å². The Morgan fingerprint density at radius 2 is 2.25 bits per heavy atom. The van der Waals surface area contributed by atoms with Crippen molar-refractivity contribution in [3.8, 4) is 0 Å². The van der Waals surface area contributed by atoms with E-state index in [4.69, 9.17) is 4.74 Å². The molecule has 1 saturated heterocycles. The third-order valence-corrected chi connectivity index (χ3v) is 4.58. The molecule has 20 heavy (non-hydrogen) atoms. The summed E-state index contributed by atoms with van der Waals surface area (Å²) >= 11 is 6.76. The molecule has 108 valence electrons. The van der Waals surface area contributed by atoms with Gasteiger partial charge in [0.05, 0.1) is 17.9 Å². The van der Waals surface area contributed by atoms with E-state index in [1.165, 1.54) is 0 Å². The van der Waals surface area contributed by atoms with E-state index in [-0.39, 0.29) is 11.8 Å². The lowest BCUT2D eigenvalue weighted by atomic mass is 10.1. The van der Waals surface area contributed by atoms with Crippen LogP contribution in [0, 0.1) is 5.92 Å². The second kappa shape index (κ2) is 6.72. The number of ether oxygens (including phenoxy) is 1. The summed E-state index contributed by atoms with van der Waals surface area (Å²) in [6.07, 6.45) is 0.504. The number of carbonyl (C=O) groups excluding carboxylic acids is 2. The summed E-state index contributed by atoms with van der Waals surface area (Å²) < 4.78 is 5.85.